The van der Waals surface area contributed by atoms with E-state index >= 15 is 0 Å². The molecule has 1 heterocycles. The molecule has 1 aliphatic heterocycles. The van der Waals surface area contributed by atoms with Crippen LogP contribution in [0.15, 0.2) is 0 Å². The molecule has 0 amide bonds. The van der Waals surface area contributed by atoms with Crippen molar-refractivity contribution in [2.75, 3.05) is 0 Å². The van der Waals surface area contributed by atoms with E-state index < -0.39 is 4.87 Å². The van der Waals surface area contributed by atoms with Crippen molar-refractivity contribution in [1.29, 1.82) is 0 Å². The standard InChI is InChI=1S/C9H15ClO2/c1-4-7-9(10,5-6(2)3)8(11)12-7/h6-7H,4-5H2,1-3H3. The van der Waals surface area contributed by atoms with Crippen molar-refractivity contribution < 1.29 is 9.53 Å². The molecule has 70 valence electrons. The van der Waals surface area contributed by atoms with Gasteiger partial charge in [0.15, 0.2) is 4.87 Å². The average molecular weight is 191 g/mol. The van der Waals surface area contributed by atoms with Crippen molar-refractivity contribution >= 4 is 17.6 Å². The maximum Gasteiger partial charge on any atom is 0.331 e. The largest absolute Gasteiger partial charge is 0.458 e. The molecule has 1 rings (SSSR count). The number of carbonyl (C=O) groups excluding carboxylic acids is 1. The summed E-state index contributed by atoms with van der Waals surface area (Å²) in [4.78, 5) is 10.4. The lowest BCUT2D eigenvalue weighted by Crippen LogP contribution is -2.59. The fourth-order valence-corrected chi connectivity index (χ4v) is 2.16. The number of hydrogen-bond acceptors (Lipinski definition) is 2. The lowest BCUT2D eigenvalue weighted by Gasteiger charge is -2.42. The number of cyclic esters (lactones) is 1. The van der Waals surface area contributed by atoms with Crippen LogP contribution in [-0.2, 0) is 9.53 Å². The van der Waals surface area contributed by atoms with Gasteiger partial charge in [0.2, 0.25) is 0 Å². The molecule has 0 radical (unpaired) electrons. The van der Waals surface area contributed by atoms with Crippen molar-refractivity contribution in [2.24, 2.45) is 5.92 Å². The third kappa shape index (κ3) is 1.45. The molecule has 1 aliphatic rings. The Morgan fingerprint density at radius 1 is 1.67 bits per heavy atom. The molecular formula is C9H15ClO2. The quantitative estimate of drug-likeness (QED) is 0.505. The van der Waals surface area contributed by atoms with Gasteiger partial charge in [0.1, 0.15) is 6.10 Å². The van der Waals surface area contributed by atoms with Gasteiger partial charge in [-0.05, 0) is 18.8 Å². The third-order valence-electron chi connectivity index (χ3n) is 2.18. The Hall–Kier alpha value is -0.240. The number of hydrogen-bond donors (Lipinski definition) is 0. The van der Waals surface area contributed by atoms with Crippen LogP contribution in [0.2, 0.25) is 0 Å². The summed E-state index contributed by atoms with van der Waals surface area (Å²) in [6.07, 6.45) is 1.45. The summed E-state index contributed by atoms with van der Waals surface area (Å²) in [5.74, 6) is 0.189. The van der Waals surface area contributed by atoms with Crippen LogP contribution in [0.5, 0.6) is 0 Å². The smallest absolute Gasteiger partial charge is 0.331 e. The highest BCUT2D eigenvalue weighted by molar-refractivity contribution is 6.36. The van der Waals surface area contributed by atoms with Crippen LogP contribution < -0.4 is 0 Å². The summed E-state index contributed by atoms with van der Waals surface area (Å²) in [6, 6.07) is 0. The van der Waals surface area contributed by atoms with E-state index in [4.69, 9.17) is 16.3 Å². The zero-order valence-corrected chi connectivity index (χ0v) is 8.52. The molecule has 3 heteroatoms. The summed E-state index contributed by atoms with van der Waals surface area (Å²) in [5, 5.41) is 0. The maximum absolute atomic E-state index is 11.1. The van der Waals surface area contributed by atoms with E-state index in [1.165, 1.54) is 0 Å². The lowest BCUT2D eigenvalue weighted by atomic mass is 9.86. The van der Waals surface area contributed by atoms with Crippen LogP contribution in [0.3, 0.4) is 0 Å². The van der Waals surface area contributed by atoms with Crippen LogP contribution in [0.4, 0.5) is 0 Å². The highest BCUT2D eigenvalue weighted by atomic mass is 35.5. The molecule has 0 aromatic heterocycles. The fraction of sp³-hybridized carbons (Fsp3) is 0.889. The molecule has 12 heavy (non-hydrogen) atoms. The summed E-state index contributed by atoms with van der Waals surface area (Å²) in [5.41, 5.74) is 0. The van der Waals surface area contributed by atoms with Crippen molar-refractivity contribution in [3.63, 3.8) is 0 Å². The monoisotopic (exact) mass is 190 g/mol. The Morgan fingerprint density at radius 3 is 2.58 bits per heavy atom. The molecule has 0 aromatic carbocycles. The molecule has 2 atom stereocenters. The SMILES string of the molecule is CCC1OC(=O)C1(Cl)CC(C)C. The van der Waals surface area contributed by atoms with Crippen molar-refractivity contribution in [3.8, 4) is 0 Å². The minimum Gasteiger partial charge on any atom is -0.458 e. The van der Waals surface area contributed by atoms with Crippen LogP contribution in [-0.4, -0.2) is 16.9 Å². The second-order valence-corrected chi connectivity index (χ2v) is 4.44. The van der Waals surface area contributed by atoms with Gasteiger partial charge in [-0.25, -0.2) is 4.79 Å². The van der Waals surface area contributed by atoms with Gasteiger partial charge < -0.3 is 4.74 Å². The first kappa shape index (κ1) is 9.85. The lowest BCUT2D eigenvalue weighted by molar-refractivity contribution is -0.181. The van der Waals surface area contributed by atoms with Gasteiger partial charge in [-0.1, -0.05) is 20.8 Å². The summed E-state index contributed by atoms with van der Waals surface area (Å²) in [6.45, 7) is 6.10. The molecule has 1 fully saturated rings. The Balaban J connectivity index is 2.61. The van der Waals surface area contributed by atoms with Crippen LogP contribution in [0, 0.1) is 5.92 Å². The van der Waals surface area contributed by atoms with Crippen LogP contribution in [0.25, 0.3) is 0 Å². The maximum atomic E-state index is 11.1. The van der Waals surface area contributed by atoms with Gasteiger partial charge in [0.05, 0.1) is 0 Å². The second kappa shape index (κ2) is 3.25. The highest BCUT2D eigenvalue weighted by Crippen LogP contribution is 2.41. The first-order valence-corrected chi connectivity index (χ1v) is 4.78. The molecule has 0 spiro atoms. The van der Waals surface area contributed by atoms with Gasteiger partial charge in [-0.2, -0.15) is 0 Å². The number of esters is 1. The number of alkyl halides is 1. The van der Waals surface area contributed by atoms with E-state index in [-0.39, 0.29) is 12.1 Å². The Kier molecular flexibility index (Phi) is 2.67. The van der Waals surface area contributed by atoms with E-state index in [1.54, 1.807) is 0 Å². The first-order chi connectivity index (χ1) is 5.50. The molecule has 0 aromatic rings. The molecule has 0 N–H and O–H groups in total. The average Bonchev–Trinajstić information content (AvgIpc) is 1.98. The molecule has 2 nitrogen and oxygen atoms in total. The van der Waals surface area contributed by atoms with Crippen LogP contribution >= 0.6 is 11.6 Å². The van der Waals surface area contributed by atoms with E-state index in [0.29, 0.717) is 12.3 Å². The van der Waals surface area contributed by atoms with Crippen molar-refractivity contribution in [2.45, 2.75) is 44.6 Å². The number of ether oxygens (including phenoxy) is 1. The number of halogens is 1. The molecule has 0 saturated carbocycles. The molecule has 0 bridgehead atoms. The minimum atomic E-state index is -0.719. The van der Waals surface area contributed by atoms with Gasteiger partial charge in [0, 0.05) is 0 Å². The van der Waals surface area contributed by atoms with Gasteiger partial charge in [-0.3, -0.25) is 0 Å². The zero-order valence-electron chi connectivity index (χ0n) is 7.76. The van der Waals surface area contributed by atoms with E-state index in [0.717, 1.165) is 6.42 Å². The zero-order chi connectivity index (χ0) is 9.35. The number of rotatable bonds is 3. The topological polar surface area (TPSA) is 26.3 Å². The Morgan fingerprint density at radius 2 is 2.25 bits per heavy atom. The van der Waals surface area contributed by atoms with Gasteiger partial charge in [-0.15, -0.1) is 11.6 Å². The second-order valence-electron chi connectivity index (χ2n) is 3.76. The third-order valence-corrected chi connectivity index (χ3v) is 2.73. The van der Waals surface area contributed by atoms with E-state index in [9.17, 15) is 4.79 Å². The summed E-state index contributed by atoms with van der Waals surface area (Å²) in [7, 11) is 0. The highest BCUT2D eigenvalue weighted by Gasteiger charge is 2.55. The van der Waals surface area contributed by atoms with Crippen LogP contribution in [0.1, 0.15) is 33.6 Å². The van der Waals surface area contributed by atoms with Crippen molar-refractivity contribution in [3.05, 3.63) is 0 Å². The summed E-state index contributed by atoms with van der Waals surface area (Å²) >= 11 is 6.14. The molecule has 2 unspecified atom stereocenters. The normalized spacial score (nSPS) is 34.8. The Bertz CT molecular complexity index is 191. The Labute approximate surface area is 78.2 Å². The molecular weight excluding hydrogens is 176 g/mol. The predicted octanol–water partition coefficient (Wildman–Crippen LogP) is 2.35. The molecule has 1 saturated heterocycles. The fourth-order valence-electron chi connectivity index (χ4n) is 1.61. The predicted molar refractivity (Wildman–Crippen MR) is 48.2 cm³/mol. The van der Waals surface area contributed by atoms with Gasteiger partial charge >= 0.3 is 5.97 Å². The summed E-state index contributed by atoms with van der Waals surface area (Å²) < 4.78 is 4.93. The molecule has 0 aliphatic carbocycles. The minimum absolute atomic E-state index is 0.0749. The van der Waals surface area contributed by atoms with E-state index in [2.05, 4.69) is 13.8 Å². The van der Waals surface area contributed by atoms with Crippen molar-refractivity contribution in [1.82, 2.24) is 0 Å². The van der Waals surface area contributed by atoms with E-state index in [1.807, 2.05) is 6.92 Å². The number of carbonyl (C=O) groups is 1. The first-order valence-electron chi connectivity index (χ1n) is 4.40. The van der Waals surface area contributed by atoms with Gasteiger partial charge in [0.25, 0.3) is 0 Å².